The lowest BCUT2D eigenvalue weighted by Crippen LogP contribution is -2.16. The second-order valence-electron chi connectivity index (χ2n) is 6.18. The first-order chi connectivity index (χ1) is 13.8. The molecule has 150 valence electrons. The monoisotopic (exact) mass is 475 g/mol. The van der Waals surface area contributed by atoms with Gasteiger partial charge in [0.1, 0.15) is 5.75 Å². The van der Waals surface area contributed by atoms with Gasteiger partial charge >= 0.3 is 0 Å². The number of anilines is 2. The van der Waals surface area contributed by atoms with E-state index in [1.165, 1.54) is 37.7 Å². The summed E-state index contributed by atoms with van der Waals surface area (Å²) < 4.78 is 33.5. The molecule has 0 bridgehead atoms. The van der Waals surface area contributed by atoms with Crippen molar-refractivity contribution >= 4 is 43.2 Å². The van der Waals surface area contributed by atoms with Crippen LogP contribution in [0, 0.1) is 6.92 Å². The summed E-state index contributed by atoms with van der Waals surface area (Å²) in [7, 11) is -2.30. The number of aryl methyl sites for hydroxylation is 1. The van der Waals surface area contributed by atoms with Gasteiger partial charge in [0.25, 0.3) is 15.9 Å². The first-order valence-electron chi connectivity index (χ1n) is 8.48. The molecule has 0 saturated heterocycles. The van der Waals surface area contributed by atoms with Gasteiger partial charge in [0, 0.05) is 10.7 Å². The summed E-state index contributed by atoms with van der Waals surface area (Å²) in [6.07, 6.45) is 2.69. The van der Waals surface area contributed by atoms with E-state index in [-0.39, 0.29) is 16.1 Å². The predicted molar refractivity (Wildman–Crippen MR) is 115 cm³/mol. The summed E-state index contributed by atoms with van der Waals surface area (Å²) in [4.78, 5) is 16.7. The van der Waals surface area contributed by atoms with Crippen LogP contribution in [0.1, 0.15) is 15.9 Å². The Labute approximate surface area is 177 Å². The highest BCUT2D eigenvalue weighted by molar-refractivity contribution is 9.10. The molecule has 3 rings (SSSR count). The number of rotatable bonds is 6. The Morgan fingerprint density at radius 2 is 1.79 bits per heavy atom. The largest absolute Gasteiger partial charge is 0.495 e. The van der Waals surface area contributed by atoms with Crippen molar-refractivity contribution in [3.05, 3.63) is 76.5 Å². The number of carbonyl (C=O) groups is 1. The Morgan fingerprint density at radius 1 is 1.07 bits per heavy atom. The van der Waals surface area contributed by atoms with Crippen LogP contribution in [0.5, 0.6) is 5.75 Å². The number of ether oxygens (including phenoxy) is 1. The molecule has 29 heavy (non-hydrogen) atoms. The van der Waals surface area contributed by atoms with Crippen molar-refractivity contribution in [2.45, 2.75) is 11.8 Å². The van der Waals surface area contributed by atoms with Gasteiger partial charge < -0.3 is 10.1 Å². The van der Waals surface area contributed by atoms with Crippen molar-refractivity contribution in [2.75, 3.05) is 17.1 Å². The van der Waals surface area contributed by atoms with Crippen molar-refractivity contribution in [2.24, 2.45) is 0 Å². The number of aromatic nitrogens is 1. The summed E-state index contributed by atoms with van der Waals surface area (Å²) in [5.74, 6) is 0.0788. The Morgan fingerprint density at radius 3 is 2.48 bits per heavy atom. The van der Waals surface area contributed by atoms with Crippen LogP contribution < -0.4 is 14.8 Å². The molecule has 0 aliphatic carbocycles. The third-order valence-corrected chi connectivity index (χ3v) is 5.91. The molecule has 9 heteroatoms. The molecule has 0 atom stereocenters. The molecule has 2 N–H and O–H groups in total. The zero-order chi connectivity index (χ0) is 21.0. The molecule has 0 aliphatic rings. The molecule has 7 nitrogen and oxygen atoms in total. The number of sulfonamides is 1. The number of nitrogens with one attached hydrogen (secondary N) is 2. The third-order valence-electron chi connectivity index (χ3n) is 3.98. The number of halogens is 1. The minimum atomic E-state index is -3.81. The summed E-state index contributed by atoms with van der Waals surface area (Å²) in [5.41, 5.74) is 1.84. The molecule has 3 aromatic rings. The zero-order valence-corrected chi connectivity index (χ0v) is 18.0. The van der Waals surface area contributed by atoms with Crippen LogP contribution in [-0.4, -0.2) is 26.4 Å². The number of carbonyl (C=O) groups excluding carboxylic acids is 1. The van der Waals surface area contributed by atoms with Gasteiger partial charge in [-0.15, -0.1) is 0 Å². The van der Waals surface area contributed by atoms with Gasteiger partial charge in [0.2, 0.25) is 0 Å². The fraction of sp³-hybridized carbons (Fsp3) is 0.100. The second kappa shape index (κ2) is 8.62. The van der Waals surface area contributed by atoms with E-state index in [4.69, 9.17) is 4.74 Å². The summed E-state index contributed by atoms with van der Waals surface area (Å²) in [5, 5.41) is 2.76. The Kier molecular flexibility index (Phi) is 6.19. The van der Waals surface area contributed by atoms with Crippen LogP contribution in [0.3, 0.4) is 0 Å². The second-order valence-corrected chi connectivity index (χ2v) is 8.78. The van der Waals surface area contributed by atoms with Crippen molar-refractivity contribution in [1.82, 2.24) is 4.98 Å². The highest BCUT2D eigenvalue weighted by Gasteiger charge is 2.16. The minimum absolute atomic E-state index is 0.0973. The maximum absolute atomic E-state index is 12.6. The predicted octanol–water partition coefficient (Wildman–Crippen LogP) is 4.21. The van der Waals surface area contributed by atoms with Crippen LogP contribution in [0.2, 0.25) is 0 Å². The van der Waals surface area contributed by atoms with Gasteiger partial charge in [0.15, 0.2) is 0 Å². The van der Waals surface area contributed by atoms with E-state index in [9.17, 15) is 13.2 Å². The van der Waals surface area contributed by atoms with Gasteiger partial charge in [-0.25, -0.2) is 8.42 Å². The van der Waals surface area contributed by atoms with Crippen LogP contribution in [0.4, 0.5) is 11.4 Å². The van der Waals surface area contributed by atoms with Crippen LogP contribution in [0.15, 0.2) is 70.3 Å². The van der Waals surface area contributed by atoms with Crippen LogP contribution in [-0.2, 0) is 10.0 Å². The van der Waals surface area contributed by atoms with Crippen molar-refractivity contribution in [3.63, 3.8) is 0 Å². The number of nitrogens with zero attached hydrogens (tertiary/aromatic N) is 1. The maximum Gasteiger partial charge on any atom is 0.261 e. The standard InChI is InChI=1S/C20H18BrN3O4S/c1-13-3-8-19(28-2)18(9-13)23-20(25)14-10-16(12-22-11-14)24-29(26,27)17-6-4-15(21)5-7-17/h3-12,24H,1-2H3,(H,23,25). The average molecular weight is 476 g/mol. The topological polar surface area (TPSA) is 97.4 Å². The molecule has 0 radical (unpaired) electrons. The fourth-order valence-corrected chi connectivity index (χ4v) is 3.86. The molecular formula is C20H18BrN3O4S. The normalized spacial score (nSPS) is 11.0. The lowest BCUT2D eigenvalue weighted by atomic mass is 10.2. The Hall–Kier alpha value is -2.91. The summed E-state index contributed by atoms with van der Waals surface area (Å²) in [6.45, 7) is 1.90. The Bertz CT molecular complexity index is 1150. The molecule has 0 spiro atoms. The van der Waals surface area contributed by atoms with Crippen molar-refractivity contribution in [1.29, 1.82) is 0 Å². The molecule has 0 unspecified atom stereocenters. The van der Waals surface area contributed by atoms with Crippen molar-refractivity contribution in [3.8, 4) is 5.75 Å². The third kappa shape index (κ3) is 5.12. The minimum Gasteiger partial charge on any atom is -0.495 e. The first kappa shape index (κ1) is 20.8. The van der Waals surface area contributed by atoms with Gasteiger partial charge in [-0.1, -0.05) is 22.0 Å². The van der Waals surface area contributed by atoms with E-state index in [0.29, 0.717) is 11.4 Å². The number of hydrogen-bond acceptors (Lipinski definition) is 5. The van der Waals surface area contributed by atoms with Gasteiger partial charge in [-0.05, 0) is 55.0 Å². The molecule has 1 aromatic heterocycles. The maximum atomic E-state index is 12.6. The molecule has 0 aliphatic heterocycles. The quantitative estimate of drug-likeness (QED) is 0.556. The van der Waals surface area contributed by atoms with Gasteiger partial charge in [0.05, 0.1) is 35.1 Å². The molecule has 2 aromatic carbocycles. The van der Waals surface area contributed by atoms with E-state index in [0.717, 1.165) is 10.0 Å². The van der Waals surface area contributed by atoms with E-state index >= 15 is 0 Å². The molecule has 0 saturated carbocycles. The summed E-state index contributed by atoms with van der Waals surface area (Å²) in [6, 6.07) is 13.0. The SMILES string of the molecule is COc1ccc(C)cc1NC(=O)c1cncc(NS(=O)(=O)c2ccc(Br)cc2)c1. The summed E-state index contributed by atoms with van der Waals surface area (Å²) >= 11 is 3.27. The number of pyridine rings is 1. The average Bonchev–Trinajstić information content (AvgIpc) is 2.68. The lowest BCUT2D eigenvalue weighted by molar-refractivity contribution is 0.102. The van der Waals surface area contributed by atoms with E-state index in [1.807, 2.05) is 13.0 Å². The van der Waals surface area contributed by atoms with Crippen LogP contribution in [0.25, 0.3) is 0 Å². The van der Waals surface area contributed by atoms with Gasteiger partial charge in [-0.3, -0.25) is 14.5 Å². The number of methoxy groups -OCH3 is 1. The first-order valence-corrected chi connectivity index (χ1v) is 10.8. The smallest absolute Gasteiger partial charge is 0.261 e. The zero-order valence-electron chi connectivity index (χ0n) is 15.6. The van der Waals surface area contributed by atoms with Crippen LogP contribution >= 0.6 is 15.9 Å². The van der Waals surface area contributed by atoms with Crippen molar-refractivity contribution < 1.29 is 17.9 Å². The fourth-order valence-electron chi connectivity index (χ4n) is 2.56. The number of amides is 1. The van der Waals surface area contributed by atoms with E-state index in [2.05, 4.69) is 31.0 Å². The van der Waals surface area contributed by atoms with E-state index < -0.39 is 15.9 Å². The molecule has 1 heterocycles. The number of benzene rings is 2. The molecular weight excluding hydrogens is 458 g/mol. The Balaban J connectivity index is 1.81. The number of hydrogen-bond donors (Lipinski definition) is 2. The molecule has 1 amide bonds. The highest BCUT2D eigenvalue weighted by Crippen LogP contribution is 2.26. The lowest BCUT2D eigenvalue weighted by Gasteiger charge is -2.12. The molecule has 0 fully saturated rings. The highest BCUT2D eigenvalue weighted by atomic mass is 79.9. The van der Waals surface area contributed by atoms with Gasteiger partial charge in [-0.2, -0.15) is 0 Å². The van der Waals surface area contributed by atoms with E-state index in [1.54, 1.807) is 24.3 Å².